The Kier molecular flexibility index (Phi) is 3.80. The Morgan fingerprint density at radius 2 is 2.29 bits per heavy atom. The second-order valence-electron chi connectivity index (χ2n) is 3.48. The summed E-state index contributed by atoms with van der Waals surface area (Å²) in [7, 11) is 1.73. The molecule has 1 amide bonds. The zero-order valence-electron chi connectivity index (χ0n) is 9.58. The van der Waals surface area contributed by atoms with Crippen LogP contribution in [-0.4, -0.2) is 28.1 Å². The predicted molar refractivity (Wildman–Crippen MR) is 68.5 cm³/mol. The number of hydrogen-bond donors (Lipinski definition) is 0. The largest absolute Gasteiger partial charge is 0.290 e. The number of carbonyl (C=O) groups is 1. The third-order valence-corrected chi connectivity index (χ3v) is 3.97. The third-order valence-electron chi connectivity index (χ3n) is 2.21. The fourth-order valence-corrected chi connectivity index (χ4v) is 2.57. The molecule has 0 N–H and O–H groups in total. The van der Waals surface area contributed by atoms with Crippen molar-refractivity contribution < 1.29 is 4.79 Å². The van der Waals surface area contributed by atoms with Crippen molar-refractivity contribution in [2.75, 3.05) is 11.9 Å². The lowest BCUT2D eigenvalue weighted by molar-refractivity contribution is -0.118. The van der Waals surface area contributed by atoms with E-state index in [1.807, 2.05) is 12.3 Å². The first-order chi connectivity index (χ1) is 8.16. The molecule has 17 heavy (non-hydrogen) atoms. The number of amides is 1. The van der Waals surface area contributed by atoms with Gasteiger partial charge in [0, 0.05) is 31.5 Å². The molecule has 5 nitrogen and oxygen atoms in total. The molecule has 0 aliphatic carbocycles. The molecule has 2 rings (SSSR count). The maximum atomic E-state index is 11.9. The van der Waals surface area contributed by atoms with Crippen LogP contribution in [0, 0.1) is 6.92 Å². The van der Waals surface area contributed by atoms with Gasteiger partial charge in [0.15, 0.2) is 0 Å². The number of anilines is 1. The lowest BCUT2D eigenvalue weighted by Gasteiger charge is -2.12. The van der Waals surface area contributed by atoms with Crippen LogP contribution in [0.1, 0.15) is 16.4 Å². The number of hydrogen-bond acceptors (Lipinski definition) is 6. The maximum Gasteiger partial charge on any atom is 0.228 e. The summed E-state index contributed by atoms with van der Waals surface area (Å²) >= 11 is 2.99. The van der Waals surface area contributed by atoms with Gasteiger partial charge in [-0.1, -0.05) is 11.3 Å². The van der Waals surface area contributed by atoms with Crippen LogP contribution in [0.3, 0.4) is 0 Å². The van der Waals surface area contributed by atoms with Crippen molar-refractivity contribution in [2.45, 2.75) is 19.8 Å². The Hall–Kier alpha value is -1.34. The summed E-state index contributed by atoms with van der Waals surface area (Å²) in [6, 6.07) is 0. The van der Waals surface area contributed by atoms with E-state index in [9.17, 15) is 4.79 Å². The normalized spacial score (nSPS) is 10.5. The van der Waals surface area contributed by atoms with Crippen LogP contribution in [0.25, 0.3) is 0 Å². The number of carbonyl (C=O) groups excluding carboxylic acids is 1. The molecule has 7 heteroatoms. The van der Waals surface area contributed by atoms with Gasteiger partial charge in [-0.2, -0.15) is 0 Å². The molecule has 0 radical (unpaired) electrons. The van der Waals surface area contributed by atoms with Crippen LogP contribution in [0.5, 0.6) is 0 Å². The Labute approximate surface area is 107 Å². The zero-order valence-corrected chi connectivity index (χ0v) is 11.2. The molecule has 90 valence electrons. The smallest absolute Gasteiger partial charge is 0.228 e. The Balaban J connectivity index is 1.91. The zero-order chi connectivity index (χ0) is 12.3. The predicted octanol–water partition coefficient (Wildman–Crippen LogP) is 1.90. The summed E-state index contributed by atoms with van der Waals surface area (Å²) in [4.78, 5) is 17.6. The van der Waals surface area contributed by atoms with Gasteiger partial charge in [0.2, 0.25) is 11.0 Å². The number of rotatable bonds is 4. The van der Waals surface area contributed by atoms with Crippen molar-refractivity contribution in [3.63, 3.8) is 0 Å². The first-order valence-corrected chi connectivity index (χ1v) is 6.81. The van der Waals surface area contributed by atoms with Gasteiger partial charge in [0.1, 0.15) is 5.01 Å². The highest BCUT2D eigenvalue weighted by molar-refractivity contribution is 7.15. The SMILES string of the molecule is Cc1nnc(N(C)C(=O)CCc2nccs2)s1. The van der Waals surface area contributed by atoms with Crippen molar-refractivity contribution in [3.05, 3.63) is 21.6 Å². The van der Waals surface area contributed by atoms with Crippen molar-refractivity contribution in [2.24, 2.45) is 0 Å². The van der Waals surface area contributed by atoms with Crippen molar-refractivity contribution in [3.8, 4) is 0 Å². The van der Waals surface area contributed by atoms with Crippen LogP contribution < -0.4 is 4.90 Å². The highest BCUT2D eigenvalue weighted by atomic mass is 32.1. The molecule has 2 aromatic heterocycles. The second-order valence-corrected chi connectivity index (χ2v) is 5.62. The molecule has 0 saturated carbocycles. The van der Waals surface area contributed by atoms with Gasteiger partial charge in [-0.15, -0.1) is 21.5 Å². The maximum absolute atomic E-state index is 11.9. The molecule has 0 aliphatic heterocycles. The number of aryl methyl sites for hydroxylation is 2. The van der Waals surface area contributed by atoms with Gasteiger partial charge in [-0.3, -0.25) is 9.69 Å². The first-order valence-electron chi connectivity index (χ1n) is 5.12. The molecule has 2 heterocycles. The lowest BCUT2D eigenvalue weighted by atomic mass is 10.3. The summed E-state index contributed by atoms with van der Waals surface area (Å²) in [6.07, 6.45) is 2.88. The van der Waals surface area contributed by atoms with Crippen LogP contribution in [-0.2, 0) is 11.2 Å². The highest BCUT2D eigenvalue weighted by Gasteiger charge is 2.14. The Morgan fingerprint density at radius 3 is 2.88 bits per heavy atom. The minimum atomic E-state index is 0.0383. The summed E-state index contributed by atoms with van der Waals surface area (Å²) in [6.45, 7) is 1.87. The van der Waals surface area contributed by atoms with Crippen LogP contribution >= 0.6 is 22.7 Å². The van der Waals surface area contributed by atoms with E-state index in [0.717, 1.165) is 10.0 Å². The van der Waals surface area contributed by atoms with Gasteiger partial charge in [-0.25, -0.2) is 4.98 Å². The molecule has 2 aromatic rings. The standard InChI is InChI=1S/C10H12N4OS2/c1-7-12-13-10(17-7)14(2)9(15)4-3-8-11-5-6-16-8/h5-6H,3-4H2,1-2H3. The van der Waals surface area contributed by atoms with E-state index in [1.165, 1.54) is 11.3 Å². The van der Waals surface area contributed by atoms with E-state index in [4.69, 9.17) is 0 Å². The number of thiazole rings is 1. The molecule has 0 unspecified atom stereocenters. The molecule has 0 saturated heterocycles. The minimum absolute atomic E-state index is 0.0383. The fourth-order valence-electron chi connectivity index (χ4n) is 1.29. The molecule has 0 bridgehead atoms. The topological polar surface area (TPSA) is 59.0 Å². The average Bonchev–Trinajstić information content (AvgIpc) is 2.95. The molecule has 0 spiro atoms. The van der Waals surface area contributed by atoms with Crippen molar-refractivity contribution in [1.29, 1.82) is 0 Å². The molecule has 0 fully saturated rings. The van der Waals surface area contributed by atoms with Crippen LogP contribution in [0.15, 0.2) is 11.6 Å². The van der Waals surface area contributed by atoms with E-state index >= 15 is 0 Å². The van der Waals surface area contributed by atoms with Crippen LogP contribution in [0.4, 0.5) is 5.13 Å². The van der Waals surface area contributed by atoms with Crippen molar-refractivity contribution in [1.82, 2.24) is 15.2 Å². The molecule has 0 atom stereocenters. The Morgan fingerprint density at radius 1 is 1.47 bits per heavy atom. The number of aromatic nitrogens is 3. The molecular formula is C10H12N4OS2. The average molecular weight is 268 g/mol. The monoisotopic (exact) mass is 268 g/mol. The second kappa shape index (κ2) is 5.33. The van der Waals surface area contributed by atoms with E-state index in [-0.39, 0.29) is 5.91 Å². The summed E-state index contributed by atoms with van der Waals surface area (Å²) in [5.41, 5.74) is 0. The van der Waals surface area contributed by atoms with Gasteiger partial charge < -0.3 is 0 Å². The van der Waals surface area contributed by atoms with Gasteiger partial charge in [0.25, 0.3) is 0 Å². The Bertz CT molecular complexity index is 494. The van der Waals surface area contributed by atoms with Gasteiger partial charge in [0.05, 0.1) is 5.01 Å². The molecule has 0 aliphatic rings. The number of nitrogens with zero attached hydrogens (tertiary/aromatic N) is 4. The quantitative estimate of drug-likeness (QED) is 0.849. The summed E-state index contributed by atoms with van der Waals surface area (Å²) in [5, 5.41) is 12.2. The van der Waals surface area contributed by atoms with Gasteiger partial charge >= 0.3 is 0 Å². The van der Waals surface area contributed by atoms with E-state index in [1.54, 1.807) is 29.5 Å². The first kappa shape index (κ1) is 12.1. The van der Waals surface area contributed by atoms with E-state index < -0.39 is 0 Å². The van der Waals surface area contributed by atoms with Crippen LogP contribution in [0.2, 0.25) is 0 Å². The minimum Gasteiger partial charge on any atom is -0.290 e. The van der Waals surface area contributed by atoms with E-state index in [2.05, 4.69) is 15.2 Å². The molecular weight excluding hydrogens is 256 g/mol. The summed E-state index contributed by atoms with van der Waals surface area (Å²) in [5.74, 6) is 0.0383. The fraction of sp³-hybridized carbons (Fsp3) is 0.400. The van der Waals surface area contributed by atoms with E-state index in [0.29, 0.717) is 18.0 Å². The van der Waals surface area contributed by atoms with Crippen molar-refractivity contribution >= 4 is 33.7 Å². The van der Waals surface area contributed by atoms with Gasteiger partial charge in [-0.05, 0) is 6.92 Å². The molecule has 0 aromatic carbocycles. The lowest BCUT2D eigenvalue weighted by Crippen LogP contribution is -2.26. The summed E-state index contributed by atoms with van der Waals surface area (Å²) < 4.78 is 0. The third kappa shape index (κ3) is 3.07. The highest BCUT2D eigenvalue weighted by Crippen LogP contribution is 2.19.